The van der Waals surface area contributed by atoms with Crippen molar-refractivity contribution in [1.82, 2.24) is 0 Å². The zero-order valence-electron chi connectivity index (χ0n) is 6.78. The molecule has 0 spiro atoms. The quantitative estimate of drug-likeness (QED) is 0.646. The summed E-state index contributed by atoms with van der Waals surface area (Å²) in [6.45, 7) is 6.12. The topological polar surface area (TPSA) is 20.2 Å². The summed E-state index contributed by atoms with van der Waals surface area (Å²) in [7, 11) is 0. The Morgan fingerprint density at radius 3 is 1.60 bits per heavy atom. The highest BCUT2D eigenvalue weighted by molar-refractivity contribution is 4.69. The lowest BCUT2D eigenvalue weighted by Crippen LogP contribution is -2.22. The molecule has 1 heteroatoms. The van der Waals surface area contributed by atoms with Gasteiger partial charge < -0.3 is 5.11 Å². The van der Waals surface area contributed by atoms with Crippen LogP contribution in [0.15, 0.2) is 0 Å². The first-order valence-corrected chi connectivity index (χ1v) is 3.84. The molecule has 0 atom stereocenters. The third-order valence-electron chi connectivity index (χ3n) is 1.58. The second-order valence-corrected chi connectivity index (χ2v) is 3.00. The standard InChI is InChI=1S/C8H18O.CH4/c1-4-6-8(3,9)7-5-2;/h9H,4-7H2,1-3H3;1H4. The molecule has 1 nitrogen and oxygen atoms in total. The van der Waals surface area contributed by atoms with Gasteiger partial charge in [-0.25, -0.2) is 0 Å². The lowest BCUT2D eigenvalue weighted by Gasteiger charge is -2.21. The minimum Gasteiger partial charge on any atom is -0.390 e. The molecular weight excluding hydrogens is 124 g/mol. The maximum atomic E-state index is 9.51. The molecular formula is C9H22O. The highest BCUT2D eigenvalue weighted by Crippen LogP contribution is 2.17. The molecule has 0 aliphatic heterocycles. The Bertz CT molecular complexity index is 59.1. The molecule has 10 heavy (non-hydrogen) atoms. The van der Waals surface area contributed by atoms with Crippen molar-refractivity contribution in [2.75, 3.05) is 0 Å². The summed E-state index contributed by atoms with van der Waals surface area (Å²) in [6.07, 6.45) is 4.02. The Balaban J connectivity index is 0. The maximum Gasteiger partial charge on any atom is 0.0619 e. The Labute approximate surface area is 65.5 Å². The fourth-order valence-corrected chi connectivity index (χ4v) is 1.20. The van der Waals surface area contributed by atoms with Gasteiger partial charge in [0.1, 0.15) is 0 Å². The predicted octanol–water partition coefficient (Wildman–Crippen LogP) is 2.97. The first kappa shape index (κ1) is 12.6. The number of hydrogen-bond acceptors (Lipinski definition) is 1. The highest BCUT2D eigenvalue weighted by atomic mass is 16.3. The van der Waals surface area contributed by atoms with Gasteiger partial charge in [0.15, 0.2) is 0 Å². The monoisotopic (exact) mass is 146 g/mol. The Hall–Kier alpha value is -0.0400. The van der Waals surface area contributed by atoms with E-state index in [0.717, 1.165) is 25.7 Å². The number of rotatable bonds is 4. The zero-order chi connectivity index (χ0) is 7.33. The van der Waals surface area contributed by atoms with E-state index in [4.69, 9.17) is 0 Å². The average Bonchev–Trinajstić information content (AvgIpc) is 1.64. The van der Waals surface area contributed by atoms with Gasteiger partial charge in [0.2, 0.25) is 0 Å². The van der Waals surface area contributed by atoms with Crippen LogP contribution < -0.4 is 0 Å². The van der Waals surface area contributed by atoms with E-state index in [9.17, 15) is 5.11 Å². The van der Waals surface area contributed by atoms with Crippen LogP contribution in [0.5, 0.6) is 0 Å². The largest absolute Gasteiger partial charge is 0.390 e. The van der Waals surface area contributed by atoms with E-state index in [-0.39, 0.29) is 7.43 Å². The van der Waals surface area contributed by atoms with Gasteiger partial charge in [-0.2, -0.15) is 0 Å². The molecule has 0 bridgehead atoms. The van der Waals surface area contributed by atoms with Crippen LogP contribution in [0.25, 0.3) is 0 Å². The first-order chi connectivity index (χ1) is 4.12. The normalized spacial score (nSPS) is 10.8. The summed E-state index contributed by atoms with van der Waals surface area (Å²) in [5, 5.41) is 9.51. The minimum absolute atomic E-state index is 0. The van der Waals surface area contributed by atoms with Crippen molar-refractivity contribution in [2.24, 2.45) is 0 Å². The maximum absolute atomic E-state index is 9.51. The molecule has 1 N–H and O–H groups in total. The van der Waals surface area contributed by atoms with Gasteiger partial charge in [0, 0.05) is 0 Å². The van der Waals surface area contributed by atoms with Crippen LogP contribution in [0, 0.1) is 0 Å². The highest BCUT2D eigenvalue weighted by Gasteiger charge is 2.16. The molecule has 0 amide bonds. The van der Waals surface area contributed by atoms with Crippen LogP contribution in [-0.4, -0.2) is 10.7 Å². The van der Waals surface area contributed by atoms with E-state index in [2.05, 4.69) is 13.8 Å². The van der Waals surface area contributed by atoms with Crippen molar-refractivity contribution in [1.29, 1.82) is 0 Å². The van der Waals surface area contributed by atoms with Crippen LogP contribution in [0.2, 0.25) is 0 Å². The van der Waals surface area contributed by atoms with E-state index in [0.29, 0.717) is 0 Å². The van der Waals surface area contributed by atoms with Gasteiger partial charge in [-0.05, 0) is 19.8 Å². The fraction of sp³-hybridized carbons (Fsp3) is 1.00. The first-order valence-electron chi connectivity index (χ1n) is 3.84. The van der Waals surface area contributed by atoms with Crippen LogP contribution in [0.4, 0.5) is 0 Å². The van der Waals surface area contributed by atoms with E-state index in [1.165, 1.54) is 0 Å². The third-order valence-corrected chi connectivity index (χ3v) is 1.58. The van der Waals surface area contributed by atoms with E-state index < -0.39 is 5.60 Å². The molecule has 0 saturated carbocycles. The minimum atomic E-state index is -0.399. The van der Waals surface area contributed by atoms with Crippen molar-refractivity contribution in [3.63, 3.8) is 0 Å². The van der Waals surface area contributed by atoms with Crippen molar-refractivity contribution < 1.29 is 5.11 Å². The molecule has 0 aromatic rings. The summed E-state index contributed by atoms with van der Waals surface area (Å²) in [6, 6.07) is 0. The second-order valence-electron chi connectivity index (χ2n) is 3.00. The van der Waals surface area contributed by atoms with E-state index in [1.807, 2.05) is 6.92 Å². The molecule has 0 aliphatic rings. The van der Waals surface area contributed by atoms with Crippen molar-refractivity contribution in [3.8, 4) is 0 Å². The third kappa shape index (κ3) is 6.09. The molecule has 0 aromatic heterocycles. The molecule has 0 rings (SSSR count). The summed E-state index contributed by atoms with van der Waals surface area (Å²) in [4.78, 5) is 0. The second kappa shape index (κ2) is 5.72. The summed E-state index contributed by atoms with van der Waals surface area (Å²) in [5.41, 5.74) is -0.399. The summed E-state index contributed by atoms with van der Waals surface area (Å²) in [5.74, 6) is 0. The van der Waals surface area contributed by atoms with Gasteiger partial charge >= 0.3 is 0 Å². The van der Waals surface area contributed by atoms with Crippen LogP contribution in [-0.2, 0) is 0 Å². The summed E-state index contributed by atoms with van der Waals surface area (Å²) >= 11 is 0. The molecule has 0 radical (unpaired) electrons. The lowest BCUT2D eigenvalue weighted by molar-refractivity contribution is 0.0406. The number of aliphatic hydroxyl groups is 1. The molecule has 0 fully saturated rings. The predicted molar refractivity (Wildman–Crippen MR) is 47.2 cm³/mol. The van der Waals surface area contributed by atoms with Gasteiger partial charge in [0.05, 0.1) is 5.60 Å². The van der Waals surface area contributed by atoms with Crippen LogP contribution in [0.1, 0.15) is 53.9 Å². The lowest BCUT2D eigenvalue weighted by atomic mass is 9.95. The van der Waals surface area contributed by atoms with Crippen LogP contribution >= 0.6 is 0 Å². The van der Waals surface area contributed by atoms with Crippen LogP contribution in [0.3, 0.4) is 0 Å². The van der Waals surface area contributed by atoms with Gasteiger partial charge in [-0.1, -0.05) is 34.1 Å². The average molecular weight is 146 g/mol. The zero-order valence-corrected chi connectivity index (χ0v) is 6.78. The molecule has 0 heterocycles. The van der Waals surface area contributed by atoms with E-state index >= 15 is 0 Å². The van der Waals surface area contributed by atoms with E-state index in [1.54, 1.807) is 0 Å². The van der Waals surface area contributed by atoms with Crippen molar-refractivity contribution >= 4 is 0 Å². The molecule has 0 unspecified atom stereocenters. The Kier molecular flexibility index (Phi) is 7.22. The Morgan fingerprint density at radius 2 is 1.40 bits per heavy atom. The molecule has 0 aromatic carbocycles. The van der Waals surface area contributed by atoms with Gasteiger partial charge in [-0.15, -0.1) is 0 Å². The smallest absolute Gasteiger partial charge is 0.0619 e. The number of hydrogen-bond donors (Lipinski definition) is 1. The molecule has 0 saturated heterocycles. The van der Waals surface area contributed by atoms with Gasteiger partial charge in [-0.3, -0.25) is 0 Å². The summed E-state index contributed by atoms with van der Waals surface area (Å²) < 4.78 is 0. The Morgan fingerprint density at radius 1 is 1.10 bits per heavy atom. The molecule has 64 valence electrons. The van der Waals surface area contributed by atoms with Crippen molar-refractivity contribution in [3.05, 3.63) is 0 Å². The SMILES string of the molecule is C.CCCC(C)(O)CCC. The van der Waals surface area contributed by atoms with Gasteiger partial charge in [0.25, 0.3) is 0 Å². The van der Waals surface area contributed by atoms with Crippen molar-refractivity contribution in [2.45, 2.75) is 59.5 Å². The fourth-order valence-electron chi connectivity index (χ4n) is 1.20. The molecule has 0 aliphatic carbocycles.